The summed E-state index contributed by atoms with van der Waals surface area (Å²) in [5.41, 5.74) is -0.379. The molecular formula is C10H24N2O4S. The predicted octanol–water partition coefficient (Wildman–Crippen LogP) is -0.144. The molecule has 0 aromatic carbocycles. The first kappa shape index (κ1) is 16.8. The van der Waals surface area contributed by atoms with Gasteiger partial charge in [0.15, 0.2) is 0 Å². The Labute approximate surface area is 104 Å². The van der Waals surface area contributed by atoms with Crippen molar-refractivity contribution in [2.75, 3.05) is 33.4 Å². The number of nitrogens with one attached hydrogen (secondary N) is 2. The number of ether oxygens (including phenoxy) is 1. The van der Waals surface area contributed by atoms with Crippen molar-refractivity contribution in [1.29, 1.82) is 0 Å². The minimum Gasteiger partial charge on any atom is -0.396 e. The summed E-state index contributed by atoms with van der Waals surface area (Å²) in [5, 5.41) is 9.31. The molecule has 0 rings (SSSR count). The zero-order chi connectivity index (χ0) is 13.4. The van der Waals surface area contributed by atoms with Gasteiger partial charge >= 0.3 is 0 Å². The molecule has 0 amide bonds. The number of aliphatic hydroxyl groups excluding tert-OH is 1. The van der Waals surface area contributed by atoms with Gasteiger partial charge in [0, 0.05) is 32.2 Å². The molecule has 0 fully saturated rings. The molecule has 0 aromatic rings. The van der Waals surface area contributed by atoms with Crippen molar-refractivity contribution in [3.8, 4) is 0 Å². The summed E-state index contributed by atoms with van der Waals surface area (Å²) in [4.78, 5) is 0. The Morgan fingerprint density at radius 2 is 1.82 bits per heavy atom. The second kappa shape index (κ2) is 7.99. The van der Waals surface area contributed by atoms with Crippen molar-refractivity contribution < 1.29 is 18.3 Å². The zero-order valence-electron chi connectivity index (χ0n) is 10.8. The van der Waals surface area contributed by atoms with Crippen molar-refractivity contribution >= 4 is 10.2 Å². The van der Waals surface area contributed by atoms with E-state index in [2.05, 4.69) is 9.44 Å². The van der Waals surface area contributed by atoms with E-state index in [0.717, 1.165) is 12.8 Å². The van der Waals surface area contributed by atoms with E-state index in [1.54, 1.807) is 0 Å². The lowest BCUT2D eigenvalue weighted by Gasteiger charge is -2.29. The molecule has 7 heteroatoms. The largest absolute Gasteiger partial charge is 0.396 e. The summed E-state index contributed by atoms with van der Waals surface area (Å²) < 4.78 is 32.6. The minimum atomic E-state index is -3.51. The molecule has 3 N–H and O–H groups in total. The molecule has 0 radical (unpaired) electrons. The van der Waals surface area contributed by atoms with Crippen LogP contribution in [0, 0.1) is 5.41 Å². The van der Waals surface area contributed by atoms with Gasteiger partial charge in [-0.25, -0.2) is 4.72 Å². The predicted molar refractivity (Wildman–Crippen MR) is 66.9 cm³/mol. The lowest BCUT2D eigenvalue weighted by Crippen LogP contribution is -2.45. The van der Waals surface area contributed by atoms with Gasteiger partial charge in [0.05, 0.1) is 6.61 Å². The van der Waals surface area contributed by atoms with Crippen LogP contribution in [0.2, 0.25) is 0 Å². The van der Waals surface area contributed by atoms with Crippen molar-refractivity contribution in [1.82, 2.24) is 9.44 Å². The maximum Gasteiger partial charge on any atom is 0.277 e. The molecule has 0 heterocycles. The molecule has 0 saturated carbocycles. The topological polar surface area (TPSA) is 87.7 Å². The molecule has 0 aromatic heterocycles. The van der Waals surface area contributed by atoms with Crippen molar-refractivity contribution in [3.05, 3.63) is 0 Å². The van der Waals surface area contributed by atoms with Gasteiger partial charge in [-0.15, -0.1) is 0 Å². The van der Waals surface area contributed by atoms with E-state index in [4.69, 9.17) is 4.74 Å². The average molecular weight is 268 g/mol. The van der Waals surface area contributed by atoms with Gasteiger partial charge in [-0.3, -0.25) is 0 Å². The van der Waals surface area contributed by atoms with Gasteiger partial charge in [-0.2, -0.15) is 13.1 Å². The van der Waals surface area contributed by atoms with Gasteiger partial charge < -0.3 is 9.84 Å². The van der Waals surface area contributed by atoms with Gasteiger partial charge in [0.25, 0.3) is 10.2 Å². The Hall–Kier alpha value is -0.210. The van der Waals surface area contributed by atoms with Crippen molar-refractivity contribution in [2.24, 2.45) is 5.41 Å². The van der Waals surface area contributed by atoms with E-state index in [1.807, 2.05) is 13.8 Å². The molecule has 6 nitrogen and oxygen atoms in total. The highest BCUT2D eigenvalue weighted by atomic mass is 32.2. The zero-order valence-corrected chi connectivity index (χ0v) is 11.6. The van der Waals surface area contributed by atoms with E-state index >= 15 is 0 Å². The quantitative estimate of drug-likeness (QED) is 0.481. The Morgan fingerprint density at radius 1 is 1.24 bits per heavy atom. The van der Waals surface area contributed by atoms with Crippen molar-refractivity contribution in [2.45, 2.75) is 26.7 Å². The number of methoxy groups -OCH3 is 1. The fourth-order valence-corrected chi connectivity index (χ4v) is 2.31. The van der Waals surface area contributed by atoms with Gasteiger partial charge in [0.2, 0.25) is 0 Å². The van der Waals surface area contributed by atoms with Gasteiger partial charge in [-0.1, -0.05) is 13.8 Å². The second-order valence-electron chi connectivity index (χ2n) is 4.08. The van der Waals surface area contributed by atoms with E-state index in [1.165, 1.54) is 7.11 Å². The van der Waals surface area contributed by atoms with Crippen LogP contribution in [0.4, 0.5) is 0 Å². The van der Waals surface area contributed by atoms with Crippen LogP contribution >= 0.6 is 0 Å². The average Bonchev–Trinajstić information content (AvgIpc) is 2.32. The number of hydrogen-bond acceptors (Lipinski definition) is 4. The summed E-state index contributed by atoms with van der Waals surface area (Å²) in [6.07, 6.45) is 1.45. The molecule has 0 saturated heterocycles. The highest BCUT2D eigenvalue weighted by molar-refractivity contribution is 7.87. The first-order valence-corrected chi connectivity index (χ1v) is 7.27. The molecule has 0 aliphatic rings. The molecule has 0 unspecified atom stereocenters. The highest BCUT2D eigenvalue weighted by Gasteiger charge is 2.26. The maximum atomic E-state index is 11.5. The van der Waals surface area contributed by atoms with Crippen LogP contribution in [0.5, 0.6) is 0 Å². The van der Waals surface area contributed by atoms with Crippen LogP contribution in [0.25, 0.3) is 0 Å². The number of rotatable bonds is 10. The van der Waals surface area contributed by atoms with Gasteiger partial charge in [-0.05, 0) is 12.8 Å². The summed E-state index contributed by atoms with van der Waals surface area (Å²) in [6.45, 7) is 4.64. The van der Waals surface area contributed by atoms with E-state index < -0.39 is 10.2 Å². The Balaban J connectivity index is 4.24. The molecule has 0 atom stereocenters. The molecule has 0 aliphatic heterocycles. The van der Waals surface area contributed by atoms with Gasteiger partial charge in [0.1, 0.15) is 0 Å². The fraction of sp³-hybridized carbons (Fsp3) is 1.00. The molecule has 0 aliphatic carbocycles. The third kappa shape index (κ3) is 6.32. The third-order valence-corrected chi connectivity index (χ3v) is 4.18. The van der Waals surface area contributed by atoms with Crippen molar-refractivity contribution in [3.63, 3.8) is 0 Å². The molecule has 0 bridgehead atoms. The smallest absolute Gasteiger partial charge is 0.277 e. The number of hydrogen-bond donors (Lipinski definition) is 3. The minimum absolute atomic E-state index is 0.0272. The molecule has 0 spiro atoms. The normalized spacial score (nSPS) is 12.9. The van der Waals surface area contributed by atoms with Crippen LogP contribution in [0.3, 0.4) is 0 Å². The Morgan fingerprint density at radius 3 is 2.24 bits per heavy atom. The summed E-state index contributed by atoms with van der Waals surface area (Å²) in [5.74, 6) is 0. The van der Waals surface area contributed by atoms with E-state index in [0.29, 0.717) is 6.61 Å². The summed E-state index contributed by atoms with van der Waals surface area (Å²) >= 11 is 0. The SMILES string of the molecule is CCC(CC)(CO)CNS(=O)(=O)NCCOC. The first-order valence-electron chi connectivity index (χ1n) is 5.79. The number of aliphatic hydroxyl groups is 1. The van der Waals surface area contributed by atoms with Crippen LogP contribution < -0.4 is 9.44 Å². The van der Waals surface area contributed by atoms with Crippen LogP contribution in [-0.2, 0) is 14.9 Å². The van der Waals surface area contributed by atoms with Crippen LogP contribution in [-0.4, -0.2) is 46.9 Å². The Bertz CT molecular complexity index is 280. The standard InChI is InChI=1S/C10H24N2O4S/c1-4-10(5-2,9-13)8-12-17(14,15)11-6-7-16-3/h11-13H,4-9H2,1-3H3. The summed E-state index contributed by atoms with van der Waals surface area (Å²) in [7, 11) is -2.00. The lowest BCUT2D eigenvalue weighted by atomic mass is 9.84. The highest BCUT2D eigenvalue weighted by Crippen LogP contribution is 2.24. The first-order chi connectivity index (χ1) is 7.95. The second-order valence-corrected chi connectivity index (χ2v) is 5.66. The van der Waals surface area contributed by atoms with E-state index in [9.17, 15) is 13.5 Å². The summed E-state index contributed by atoms with van der Waals surface area (Å²) in [6, 6.07) is 0. The monoisotopic (exact) mass is 268 g/mol. The molecular weight excluding hydrogens is 244 g/mol. The molecule has 104 valence electrons. The van der Waals surface area contributed by atoms with Crippen LogP contribution in [0.15, 0.2) is 0 Å². The fourth-order valence-electron chi connectivity index (χ4n) is 1.36. The maximum absolute atomic E-state index is 11.5. The van der Waals surface area contributed by atoms with Crippen LogP contribution in [0.1, 0.15) is 26.7 Å². The Kier molecular flexibility index (Phi) is 7.89. The lowest BCUT2D eigenvalue weighted by molar-refractivity contribution is 0.119. The van der Waals surface area contributed by atoms with E-state index in [-0.39, 0.29) is 25.1 Å². The molecule has 17 heavy (non-hydrogen) atoms. The third-order valence-electron chi connectivity index (χ3n) is 3.07.